The minimum Gasteiger partial charge on any atom is -0.444 e. The molecule has 1 N–H and O–H groups in total. The molecule has 0 aliphatic rings. The molecule has 132 valence electrons. The lowest BCUT2D eigenvalue weighted by Crippen LogP contribution is -2.47. The molecule has 5 nitrogen and oxygen atoms in total. The van der Waals surface area contributed by atoms with Crippen LogP contribution in [-0.4, -0.2) is 29.3 Å². The molecule has 0 bridgehead atoms. The van der Waals surface area contributed by atoms with Crippen molar-refractivity contribution in [3.8, 4) is 0 Å². The first-order valence-corrected chi connectivity index (χ1v) is 8.14. The van der Waals surface area contributed by atoms with E-state index < -0.39 is 23.7 Å². The second-order valence-electron chi connectivity index (χ2n) is 6.98. The molecule has 5 heteroatoms. The minimum absolute atomic E-state index is 0.253. The fourth-order valence-electron chi connectivity index (χ4n) is 2.60. The van der Waals surface area contributed by atoms with E-state index in [2.05, 4.69) is 5.32 Å². The van der Waals surface area contributed by atoms with Gasteiger partial charge in [-0.05, 0) is 53.0 Å². The SMILES string of the molecule is CC(=O)C(C(C)=O)[C@H](CCc1ccccc1)NC(=O)OC(C)(C)C. The van der Waals surface area contributed by atoms with Crippen LogP contribution in [-0.2, 0) is 20.7 Å². The zero-order valence-electron chi connectivity index (χ0n) is 15.1. The summed E-state index contributed by atoms with van der Waals surface area (Å²) >= 11 is 0. The van der Waals surface area contributed by atoms with Gasteiger partial charge in [0.15, 0.2) is 0 Å². The van der Waals surface area contributed by atoms with Crippen molar-refractivity contribution in [2.75, 3.05) is 0 Å². The molecule has 0 saturated heterocycles. The Morgan fingerprint density at radius 3 is 2.04 bits per heavy atom. The number of benzene rings is 1. The van der Waals surface area contributed by atoms with Crippen molar-refractivity contribution in [2.45, 2.75) is 59.1 Å². The van der Waals surface area contributed by atoms with Crippen molar-refractivity contribution in [1.82, 2.24) is 5.32 Å². The number of Topliss-reactive ketones (excluding diaryl/α,β-unsaturated/α-hetero) is 2. The molecule has 0 unspecified atom stereocenters. The maximum atomic E-state index is 12.1. The molecule has 0 aliphatic carbocycles. The molecular formula is C19H27NO4. The highest BCUT2D eigenvalue weighted by molar-refractivity contribution is 6.01. The normalized spacial score (nSPS) is 12.6. The van der Waals surface area contributed by atoms with Gasteiger partial charge in [0.05, 0.1) is 5.92 Å². The highest BCUT2D eigenvalue weighted by atomic mass is 16.6. The Kier molecular flexibility index (Phi) is 7.14. The summed E-state index contributed by atoms with van der Waals surface area (Å²) in [4.78, 5) is 35.9. The van der Waals surface area contributed by atoms with Crippen molar-refractivity contribution in [3.63, 3.8) is 0 Å². The van der Waals surface area contributed by atoms with Crippen LogP contribution >= 0.6 is 0 Å². The molecule has 1 aromatic rings. The maximum absolute atomic E-state index is 12.1. The van der Waals surface area contributed by atoms with Gasteiger partial charge < -0.3 is 10.1 Å². The molecular weight excluding hydrogens is 306 g/mol. The maximum Gasteiger partial charge on any atom is 0.407 e. The van der Waals surface area contributed by atoms with E-state index in [1.807, 2.05) is 30.3 Å². The number of amides is 1. The summed E-state index contributed by atoms with van der Waals surface area (Å²) in [5.74, 6) is -1.37. The molecule has 1 amide bonds. The number of nitrogens with one attached hydrogen (secondary N) is 1. The third-order valence-corrected chi connectivity index (χ3v) is 3.57. The van der Waals surface area contributed by atoms with Gasteiger partial charge >= 0.3 is 6.09 Å². The quantitative estimate of drug-likeness (QED) is 0.777. The predicted molar refractivity (Wildman–Crippen MR) is 92.8 cm³/mol. The standard InChI is InChI=1S/C19H27NO4/c1-13(21)17(14(2)22)16(20-18(23)24-19(3,4)5)12-11-15-9-7-6-8-10-15/h6-10,16-17H,11-12H2,1-5H3,(H,20,23)/t16-/m0/s1. The van der Waals surface area contributed by atoms with E-state index in [9.17, 15) is 14.4 Å². The average molecular weight is 333 g/mol. The largest absolute Gasteiger partial charge is 0.444 e. The molecule has 0 radical (unpaired) electrons. The number of hydrogen-bond donors (Lipinski definition) is 1. The van der Waals surface area contributed by atoms with Gasteiger partial charge in [0, 0.05) is 6.04 Å². The predicted octanol–water partition coefficient (Wildman–Crippen LogP) is 3.31. The van der Waals surface area contributed by atoms with Crippen LogP contribution in [0.4, 0.5) is 4.79 Å². The Morgan fingerprint density at radius 1 is 1.04 bits per heavy atom. The lowest BCUT2D eigenvalue weighted by molar-refractivity contribution is -0.131. The van der Waals surface area contributed by atoms with Crippen LogP contribution in [0.1, 0.15) is 46.6 Å². The molecule has 0 saturated carbocycles. The zero-order valence-corrected chi connectivity index (χ0v) is 15.1. The highest BCUT2D eigenvalue weighted by Crippen LogP contribution is 2.16. The number of ether oxygens (including phenoxy) is 1. The number of alkyl carbamates (subject to hydrolysis) is 1. The van der Waals surface area contributed by atoms with Gasteiger partial charge in [0.25, 0.3) is 0 Å². The van der Waals surface area contributed by atoms with E-state index in [4.69, 9.17) is 4.74 Å². The summed E-state index contributed by atoms with van der Waals surface area (Å²) in [5, 5.41) is 2.70. The number of carbonyl (C=O) groups is 3. The Labute approximate surface area is 143 Å². The van der Waals surface area contributed by atoms with Crippen LogP contribution < -0.4 is 5.32 Å². The monoisotopic (exact) mass is 333 g/mol. The molecule has 0 aliphatic heterocycles. The van der Waals surface area contributed by atoms with Gasteiger partial charge in [-0.2, -0.15) is 0 Å². The van der Waals surface area contributed by atoms with E-state index in [-0.39, 0.29) is 11.6 Å². The third-order valence-electron chi connectivity index (χ3n) is 3.57. The summed E-state index contributed by atoms with van der Waals surface area (Å²) < 4.78 is 5.26. The van der Waals surface area contributed by atoms with Crippen molar-refractivity contribution in [1.29, 1.82) is 0 Å². The fourth-order valence-corrected chi connectivity index (χ4v) is 2.60. The minimum atomic E-state index is -0.860. The summed E-state index contributed by atoms with van der Waals surface area (Å²) in [6, 6.07) is 9.14. The Morgan fingerprint density at radius 2 is 1.58 bits per heavy atom. The molecule has 1 aromatic carbocycles. The van der Waals surface area contributed by atoms with Gasteiger partial charge in [-0.3, -0.25) is 9.59 Å². The number of ketones is 2. The lowest BCUT2D eigenvalue weighted by Gasteiger charge is -2.27. The summed E-state index contributed by atoms with van der Waals surface area (Å²) in [6.07, 6.45) is 0.513. The molecule has 1 rings (SSSR count). The number of aryl methyl sites for hydroxylation is 1. The Balaban J connectivity index is 2.87. The Hall–Kier alpha value is -2.17. The van der Waals surface area contributed by atoms with Crippen LogP contribution in [0.25, 0.3) is 0 Å². The number of hydrogen-bond acceptors (Lipinski definition) is 4. The zero-order chi connectivity index (χ0) is 18.3. The van der Waals surface area contributed by atoms with Crippen LogP contribution in [0.5, 0.6) is 0 Å². The average Bonchev–Trinajstić information content (AvgIpc) is 2.43. The molecule has 24 heavy (non-hydrogen) atoms. The Bertz CT molecular complexity index is 561. The van der Waals surface area contributed by atoms with Gasteiger partial charge in [0.1, 0.15) is 17.2 Å². The van der Waals surface area contributed by atoms with E-state index in [0.29, 0.717) is 12.8 Å². The molecule has 0 fully saturated rings. The first-order valence-electron chi connectivity index (χ1n) is 8.14. The highest BCUT2D eigenvalue weighted by Gasteiger charge is 2.32. The van der Waals surface area contributed by atoms with E-state index in [0.717, 1.165) is 5.56 Å². The van der Waals surface area contributed by atoms with E-state index >= 15 is 0 Å². The van der Waals surface area contributed by atoms with Crippen molar-refractivity contribution >= 4 is 17.7 Å². The lowest BCUT2D eigenvalue weighted by atomic mass is 9.88. The van der Waals surface area contributed by atoms with E-state index in [1.165, 1.54) is 13.8 Å². The fraction of sp³-hybridized carbons (Fsp3) is 0.526. The van der Waals surface area contributed by atoms with E-state index in [1.54, 1.807) is 20.8 Å². The summed E-state index contributed by atoms with van der Waals surface area (Å²) in [7, 11) is 0. The number of rotatable bonds is 7. The molecule has 0 heterocycles. The molecule has 0 aromatic heterocycles. The van der Waals surface area contributed by atoms with Gasteiger partial charge in [0.2, 0.25) is 0 Å². The van der Waals surface area contributed by atoms with Crippen LogP contribution in [0.2, 0.25) is 0 Å². The van der Waals surface area contributed by atoms with Crippen LogP contribution in [0, 0.1) is 5.92 Å². The summed E-state index contributed by atoms with van der Waals surface area (Å²) in [5.41, 5.74) is 0.440. The molecule has 1 atom stereocenters. The second-order valence-corrected chi connectivity index (χ2v) is 6.98. The van der Waals surface area contributed by atoms with Crippen molar-refractivity contribution in [2.24, 2.45) is 5.92 Å². The van der Waals surface area contributed by atoms with Gasteiger partial charge in [-0.25, -0.2) is 4.79 Å². The smallest absolute Gasteiger partial charge is 0.407 e. The summed E-state index contributed by atoms with van der Waals surface area (Å²) in [6.45, 7) is 8.04. The first kappa shape index (κ1) is 19.9. The van der Waals surface area contributed by atoms with Gasteiger partial charge in [-0.15, -0.1) is 0 Å². The third kappa shape index (κ3) is 6.94. The van der Waals surface area contributed by atoms with Gasteiger partial charge in [-0.1, -0.05) is 30.3 Å². The van der Waals surface area contributed by atoms with Crippen LogP contribution in [0.3, 0.4) is 0 Å². The second kappa shape index (κ2) is 8.62. The topological polar surface area (TPSA) is 72.5 Å². The molecule has 0 spiro atoms. The van der Waals surface area contributed by atoms with Crippen molar-refractivity contribution in [3.05, 3.63) is 35.9 Å². The van der Waals surface area contributed by atoms with Crippen LogP contribution in [0.15, 0.2) is 30.3 Å². The first-order chi connectivity index (χ1) is 11.1. The van der Waals surface area contributed by atoms with Crippen molar-refractivity contribution < 1.29 is 19.1 Å². The number of carbonyl (C=O) groups excluding carboxylic acids is 3.